The number of hydrogen-bond donors (Lipinski definition) is 1. The molecule has 0 aliphatic rings. The molecule has 0 radical (unpaired) electrons. The normalized spacial score (nSPS) is 12.0. The van der Waals surface area contributed by atoms with Gasteiger partial charge in [0, 0.05) is 19.4 Å². The van der Waals surface area contributed by atoms with E-state index in [1.54, 1.807) is 13.0 Å². The molecule has 0 bridgehead atoms. The van der Waals surface area contributed by atoms with Gasteiger partial charge < -0.3 is 19.7 Å². The van der Waals surface area contributed by atoms with Crippen LogP contribution in [0.2, 0.25) is 0 Å². The van der Waals surface area contributed by atoms with Crippen molar-refractivity contribution >= 4 is 5.97 Å². The highest BCUT2D eigenvalue weighted by molar-refractivity contribution is 5.70. The van der Waals surface area contributed by atoms with Crippen LogP contribution in [0.25, 0.3) is 0 Å². The van der Waals surface area contributed by atoms with Gasteiger partial charge in [-0.2, -0.15) is 0 Å². The second kappa shape index (κ2) is 7.61. The number of carbonyl (C=O) groups excluding carboxylic acids is 1. The van der Waals surface area contributed by atoms with E-state index in [1.165, 1.54) is 0 Å². The van der Waals surface area contributed by atoms with Gasteiger partial charge in [-0.25, -0.2) is 0 Å². The van der Waals surface area contributed by atoms with Crippen molar-refractivity contribution in [2.45, 2.75) is 25.9 Å². The Labute approximate surface area is 130 Å². The molecule has 0 aliphatic heterocycles. The first-order valence-corrected chi connectivity index (χ1v) is 7.27. The molecule has 1 N–H and O–H groups in total. The van der Waals surface area contributed by atoms with Crippen molar-refractivity contribution in [3.05, 3.63) is 65.2 Å². The third-order valence-corrected chi connectivity index (χ3v) is 3.44. The average molecular weight is 299 g/mol. The Balaban J connectivity index is 2.10. The van der Waals surface area contributed by atoms with Crippen LogP contribution in [0.15, 0.2) is 48.5 Å². The van der Waals surface area contributed by atoms with Crippen molar-refractivity contribution < 1.29 is 19.7 Å². The number of ether oxygens (including phenoxy) is 1. The summed E-state index contributed by atoms with van der Waals surface area (Å²) in [4.78, 5) is 11.0. The molecule has 0 aromatic heterocycles. The van der Waals surface area contributed by atoms with Gasteiger partial charge in [-0.1, -0.05) is 42.5 Å². The Morgan fingerprint density at radius 1 is 1.18 bits per heavy atom. The molecular formula is C18H19O4-. The van der Waals surface area contributed by atoms with E-state index in [0.717, 1.165) is 11.1 Å². The molecule has 1 atom stereocenters. The molecule has 0 fully saturated rings. The maximum Gasteiger partial charge on any atom is 0.119 e. The van der Waals surface area contributed by atoms with E-state index < -0.39 is 12.1 Å². The van der Waals surface area contributed by atoms with Gasteiger partial charge in [0.1, 0.15) is 11.9 Å². The van der Waals surface area contributed by atoms with Gasteiger partial charge in [-0.3, -0.25) is 0 Å². The molecule has 0 aliphatic carbocycles. The highest BCUT2D eigenvalue weighted by atomic mass is 16.5. The van der Waals surface area contributed by atoms with Gasteiger partial charge in [0.05, 0.1) is 5.97 Å². The number of hydrogen-bond acceptors (Lipinski definition) is 4. The van der Waals surface area contributed by atoms with E-state index >= 15 is 0 Å². The van der Waals surface area contributed by atoms with E-state index in [2.05, 4.69) is 0 Å². The summed E-state index contributed by atoms with van der Waals surface area (Å²) in [7, 11) is 0. The molecule has 2 aromatic carbocycles. The Bertz CT molecular complexity index is 622. The molecule has 0 heterocycles. The van der Waals surface area contributed by atoms with E-state index in [0.29, 0.717) is 18.6 Å². The highest BCUT2D eigenvalue weighted by Gasteiger charge is 2.12. The Hall–Kier alpha value is -2.33. The van der Waals surface area contributed by atoms with Gasteiger partial charge in [0.25, 0.3) is 0 Å². The van der Waals surface area contributed by atoms with Crippen LogP contribution in [0.4, 0.5) is 0 Å². The monoisotopic (exact) mass is 299 g/mol. The van der Waals surface area contributed by atoms with E-state index in [-0.39, 0.29) is 12.2 Å². The van der Waals surface area contributed by atoms with Gasteiger partial charge in [-0.05, 0) is 29.7 Å². The number of phenolic OH excluding ortho intramolecular Hbond substituents is 1. The van der Waals surface area contributed by atoms with Crippen LogP contribution in [-0.4, -0.2) is 23.8 Å². The lowest BCUT2D eigenvalue weighted by Crippen LogP contribution is -2.39. The molecule has 4 heteroatoms. The summed E-state index contributed by atoms with van der Waals surface area (Å²) < 4.78 is 5.13. The van der Waals surface area contributed by atoms with Crippen molar-refractivity contribution in [1.82, 2.24) is 0 Å². The second-order valence-electron chi connectivity index (χ2n) is 5.09. The third-order valence-electron chi connectivity index (χ3n) is 3.44. The number of benzene rings is 2. The van der Waals surface area contributed by atoms with Gasteiger partial charge in [-0.15, -0.1) is 0 Å². The summed E-state index contributed by atoms with van der Waals surface area (Å²) in [5, 5.41) is 21.1. The SMILES string of the molecule is CCOC(Cc1ccc(Cc2ccccc2)c(O)c1)C(=O)[O-]. The molecule has 2 aromatic rings. The third kappa shape index (κ3) is 4.33. The molecule has 22 heavy (non-hydrogen) atoms. The van der Waals surface area contributed by atoms with Crippen LogP contribution in [0.3, 0.4) is 0 Å². The molecule has 0 spiro atoms. The molecule has 0 saturated carbocycles. The summed E-state index contributed by atoms with van der Waals surface area (Å²) in [5.74, 6) is -1.08. The smallest absolute Gasteiger partial charge is 0.119 e. The molecule has 116 valence electrons. The first-order chi connectivity index (χ1) is 10.6. The number of phenols is 1. The fraction of sp³-hybridized carbons (Fsp3) is 0.278. The quantitative estimate of drug-likeness (QED) is 0.844. The average Bonchev–Trinajstić information content (AvgIpc) is 2.50. The summed E-state index contributed by atoms with van der Waals surface area (Å²) >= 11 is 0. The number of carboxylic acids is 1. The van der Waals surface area contributed by atoms with Gasteiger partial charge >= 0.3 is 0 Å². The van der Waals surface area contributed by atoms with Crippen molar-refractivity contribution in [3.63, 3.8) is 0 Å². The lowest BCUT2D eigenvalue weighted by Gasteiger charge is -2.18. The fourth-order valence-corrected chi connectivity index (χ4v) is 2.33. The molecule has 2 rings (SSSR count). The van der Waals surface area contributed by atoms with Crippen LogP contribution in [0.1, 0.15) is 23.6 Å². The minimum absolute atomic E-state index is 0.162. The largest absolute Gasteiger partial charge is 0.547 e. The Kier molecular flexibility index (Phi) is 5.55. The topological polar surface area (TPSA) is 69.6 Å². The van der Waals surface area contributed by atoms with Crippen LogP contribution in [0.5, 0.6) is 5.75 Å². The number of aliphatic carboxylic acids is 1. The maximum absolute atomic E-state index is 11.0. The Morgan fingerprint density at radius 2 is 1.91 bits per heavy atom. The minimum Gasteiger partial charge on any atom is -0.547 e. The lowest BCUT2D eigenvalue weighted by molar-refractivity contribution is -0.316. The van der Waals surface area contributed by atoms with Crippen LogP contribution >= 0.6 is 0 Å². The van der Waals surface area contributed by atoms with Crippen molar-refractivity contribution in [3.8, 4) is 5.75 Å². The van der Waals surface area contributed by atoms with Crippen LogP contribution < -0.4 is 5.11 Å². The molecule has 1 unspecified atom stereocenters. The highest BCUT2D eigenvalue weighted by Crippen LogP contribution is 2.23. The fourth-order valence-electron chi connectivity index (χ4n) is 2.33. The number of carboxylic acid groups (broad SMARTS) is 1. The zero-order chi connectivity index (χ0) is 15.9. The van der Waals surface area contributed by atoms with Crippen LogP contribution in [0, 0.1) is 0 Å². The predicted molar refractivity (Wildman–Crippen MR) is 81.5 cm³/mol. The predicted octanol–water partition coefficient (Wildman–Crippen LogP) is 1.68. The second-order valence-corrected chi connectivity index (χ2v) is 5.09. The van der Waals surface area contributed by atoms with E-state index in [9.17, 15) is 15.0 Å². The van der Waals surface area contributed by atoms with Crippen molar-refractivity contribution in [1.29, 1.82) is 0 Å². The van der Waals surface area contributed by atoms with Crippen molar-refractivity contribution in [2.75, 3.05) is 6.61 Å². The maximum atomic E-state index is 11.0. The summed E-state index contributed by atoms with van der Waals surface area (Å²) in [6.07, 6.45) is -0.193. The van der Waals surface area contributed by atoms with E-state index in [4.69, 9.17) is 4.74 Å². The number of carbonyl (C=O) groups is 1. The number of rotatable bonds is 7. The molecule has 4 nitrogen and oxygen atoms in total. The number of aromatic hydroxyl groups is 1. The zero-order valence-electron chi connectivity index (χ0n) is 12.5. The minimum atomic E-state index is -1.24. The zero-order valence-corrected chi connectivity index (χ0v) is 12.5. The van der Waals surface area contributed by atoms with E-state index in [1.807, 2.05) is 42.5 Å². The molecule has 0 amide bonds. The van der Waals surface area contributed by atoms with Gasteiger partial charge in [0.2, 0.25) is 0 Å². The van der Waals surface area contributed by atoms with Crippen molar-refractivity contribution in [2.24, 2.45) is 0 Å². The van der Waals surface area contributed by atoms with Crippen LogP contribution in [-0.2, 0) is 22.4 Å². The summed E-state index contributed by atoms with van der Waals surface area (Å²) in [6.45, 7) is 2.03. The molecular weight excluding hydrogens is 280 g/mol. The first kappa shape index (κ1) is 16.0. The Morgan fingerprint density at radius 3 is 2.50 bits per heavy atom. The van der Waals surface area contributed by atoms with Gasteiger partial charge in [0.15, 0.2) is 0 Å². The summed E-state index contributed by atoms with van der Waals surface area (Å²) in [6, 6.07) is 15.1. The summed E-state index contributed by atoms with van der Waals surface area (Å²) in [5.41, 5.74) is 2.61. The molecule has 0 saturated heterocycles. The lowest BCUT2D eigenvalue weighted by atomic mass is 10.00. The standard InChI is InChI=1S/C18H20O4/c1-2-22-17(18(20)21)12-14-8-9-15(16(19)11-14)10-13-6-4-3-5-7-13/h3-9,11,17,19H,2,10,12H2,1H3,(H,20,21)/p-1. The first-order valence-electron chi connectivity index (χ1n) is 7.27.